The Balaban J connectivity index is 1.46. The van der Waals surface area contributed by atoms with Gasteiger partial charge in [-0.15, -0.1) is 0 Å². The van der Waals surface area contributed by atoms with Crippen LogP contribution >= 0.6 is 0 Å². The summed E-state index contributed by atoms with van der Waals surface area (Å²) >= 11 is 0. The highest BCUT2D eigenvalue weighted by Gasteiger charge is 2.34. The maximum atomic E-state index is 13.1. The van der Waals surface area contributed by atoms with Crippen LogP contribution in [0.2, 0.25) is 0 Å². The molecule has 174 valence electrons. The van der Waals surface area contributed by atoms with Crippen molar-refractivity contribution >= 4 is 20.0 Å². The number of piperazine rings is 1. The van der Waals surface area contributed by atoms with E-state index in [0.717, 1.165) is 12.0 Å². The van der Waals surface area contributed by atoms with Crippen LogP contribution < -0.4 is 9.47 Å². The lowest BCUT2D eigenvalue weighted by molar-refractivity contribution is 0.171. The molecule has 0 radical (unpaired) electrons. The molecule has 2 aromatic rings. The van der Waals surface area contributed by atoms with Crippen LogP contribution in [0.15, 0.2) is 52.3 Å². The number of rotatable bonds is 6. The molecule has 2 aliphatic rings. The summed E-state index contributed by atoms with van der Waals surface area (Å²) < 4.78 is 65.9. The van der Waals surface area contributed by atoms with Gasteiger partial charge in [0.1, 0.15) is 13.2 Å². The van der Waals surface area contributed by atoms with Crippen LogP contribution in [-0.4, -0.2) is 64.8 Å². The van der Waals surface area contributed by atoms with E-state index in [0.29, 0.717) is 30.6 Å². The summed E-state index contributed by atoms with van der Waals surface area (Å²) in [5.41, 5.74) is 1.10. The first-order chi connectivity index (χ1) is 15.2. The molecule has 2 heterocycles. The van der Waals surface area contributed by atoms with Crippen molar-refractivity contribution in [2.75, 3.05) is 39.4 Å². The van der Waals surface area contributed by atoms with Gasteiger partial charge in [-0.25, -0.2) is 16.8 Å². The minimum Gasteiger partial charge on any atom is -0.486 e. The molecule has 32 heavy (non-hydrogen) atoms. The second-order valence-corrected chi connectivity index (χ2v) is 11.9. The summed E-state index contributed by atoms with van der Waals surface area (Å²) in [5.74, 6) is 1.28. The number of benzene rings is 2. The van der Waals surface area contributed by atoms with Crippen LogP contribution in [0.3, 0.4) is 0 Å². The van der Waals surface area contributed by atoms with Gasteiger partial charge in [-0.05, 0) is 42.2 Å². The van der Waals surface area contributed by atoms with Crippen LogP contribution in [-0.2, 0) is 20.0 Å². The Labute approximate surface area is 189 Å². The molecule has 0 unspecified atom stereocenters. The summed E-state index contributed by atoms with van der Waals surface area (Å²) in [6.07, 6.45) is 0.978. The Morgan fingerprint density at radius 3 is 1.84 bits per heavy atom. The fraction of sp³-hybridized carbons (Fsp3) is 0.455. The van der Waals surface area contributed by atoms with E-state index in [-0.39, 0.29) is 36.0 Å². The standard InChI is InChI=1S/C22H28N2O6S2/c1-3-17(2)18-4-6-19(7-5-18)31(25,26)23-10-12-24(13-11-23)32(27,28)20-8-9-21-22(16-20)30-15-14-29-21/h4-9,16-17H,3,10-15H2,1-2H3/t17-/m0/s1. The normalized spacial score (nSPS) is 18.9. The molecule has 0 spiro atoms. The summed E-state index contributed by atoms with van der Waals surface area (Å²) in [6, 6.07) is 11.5. The predicted octanol–water partition coefficient (Wildman–Crippen LogP) is 2.67. The fourth-order valence-corrected chi connectivity index (χ4v) is 6.70. The van der Waals surface area contributed by atoms with E-state index < -0.39 is 20.0 Å². The zero-order valence-corrected chi connectivity index (χ0v) is 19.9. The van der Waals surface area contributed by atoms with Gasteiger partial charge in [-0.3, -0.25) is 0 Å². The first-order valence-electron chi connectivity index (χ1n) is 10.7. The molecular weight excluding hydrogens is 452 g/mol. The van der Waals surface area contributed by atoms with Crippen LogP contribution in [0.4, 0.5) is 0 Å². The van der Waals surface area contributed by atoms with Gasteiger partial charge in [0, 0.05) is 32.2 Å². The molecule has 10 heteroatoms. The van der Waals surface area contributed by atoms with E-state index in [1.54, 1.807) is 18.2 Å². The summed E-state index contributed by atoms with van der Waals surface area (Å²) in [5, 5.41) is 0. The van der Waals surface area contributed by atoms with Gasteiger partial charge >= 0.3 is 0 Å². The molecule has 1 atom stereocenters. The second kappa shape index (κ2) is 9.01. The van der Waals surface area contributed by atoms with Gasteiger partial charge < -0.3 is 9.47 Å². The Kier molecular flexibility index (Phi) is 6.49. The Morgan fingerprint density at radius 1 is 0.781 bits per heavy atom. The average molecular weight is 481 g/mol. The number of sulfonamides is 2. The summed E-state index contributed by atoms with van der Waals surface area (Å²) in [6.45, 7) is 5.35. The molecule has 2 aromatic carbocycles. The maximum absolute atomic E-state index is 13.1. The minimum absolute atomic E-state index is 0.0843. The number of ether oxygens (including phenoxy) is 2. The smallest absolute Gasteiger partial charge is 0.243 e. The van der Waals surface area contributed by atoms with Crippen molar-refractivity contribution in [1.82, 2.24) is 8.61 Å². The molecule has 0 aliphatic carbocycles. The van der Waals surface area contributed by atoms with Gasteiger partial charge in [0.15, 0.2) is 11.5 Å². The van der Waals surface area contributed by atoms with Gasteiger partial charge in [0.2, 0.25) is 20.0 Å². The van der Waals surface area contributed by atoms with E-state index in [4.69, 9.17) is 9.47 Å². The highest BCUT2D eigenvalue weighted by atomic mass is 32.2. The molecule has 0 saturated carbocycles. The van der Waals surface area contributed by atoms with Crippen molar-refractivity contribution in [1.29, 1.82) is 0 Å². The van der Waals surface area contributed by atoms with Gasteiger partial charge in [0.25, 0.3) is 0 Å². The van der Waals surface area contributed by atoms with E-state index in [9.17, 15) is 16.8 Å². The van der Waals surface area contributed by atoms with E-state index >= 15 is 0 Å². The lowest BCUT2D eigenvalue weighted by Crippen LogP contribution is -2.50. The summed E-state index contributed by atoms with van der Waals surface area (Å²) in [4.78, 5) is 0.339. The molecule has 0 amide bonds. The summed E-state index contributed by atoms with van der Waals surface area (Å²) in [7, 11) is -7.45. The molecule has 8 nitrogen and oxygen atoms in total. The largest absolute Gasteiger partial charge is 0.486 e. The lowest BCUT2D eigenvalue weighted by atomic mass is 9.99. The van der Waals surface area contributed by atoms with E-state index in [1.165, 1.54) is 20.7 Å². The topological polar surface area (TPSA) is 93.2 Å². The Bertz CT molecular complexity index is 1170. The van der Waals surface area contributed by atoms with Crippen molar-refractivity contribution in [2.24, 2.45) is 0 Å². The van der Waals surface area contributed by atoms with Crippen molar-refractivity contribution in [2.45, 2.75) is 36.0 Å². The number of fused-ring (bicyclic) bond motifs is 1. The molecule has 2 aliphatic heterocycles. The van der Waals surface area contributed by atoms with E-state index in [2.05, 4.69) is 13.8 Å². The predicted molar refractivity (Wildman–Crippen MR) is 120 cm³/mol. The monoisotopic (exact) mass is 480 g/mol. The number of hydrogen-bond acceptors (Lipinski definition) is 6. The SMILES string of the molecule is CC[C@H](C)c1ccc(S(=O)(=O)N2CCN(S(=O)(=O)c3ccc4c(c3)OCCO4)CC2)cc1. The highest BCUT2D eigenvalue weighted by Crippen LogP contribution is 2.33. The molecule has 1 fully saturated rings. The lowest BCUT2D eigenvalue weighted by Gasteiger charge is -2.33. The third-order valence-corrected chi connectivity index (χ3v) is 9.86. The van der Waals surface area contributed by atoms with Crippen LogP contribution in [0, 0.1) is 0 Å². The van der Waals surface area contributed by atoms with Crippen molar-refractivity contribution < 1.29 is 26.3 Å². The van der Waals surface area contributed by atoms with Crippen LogP contribution in [0.1, 0.15) is 31.7 Å². The molecule has 4 rings (SSSR count). The molecule has 0 N–H and O–H groups in total. The Hall–Kier alpha value is -2.14. The Morgan fingerprint density at radius 2 is 1.28 bits per heavy atom. The highest BCUT2D eigenvalue weighted by molar-refractivity contribution is 7.89. The van der Waals surface area contributed by atoms with Crippen molar-refractivity contribution in [3.05, 3.63) is 48.0 Å². The molecule has 0 aromatic heterocycles. The van der Waals surface area contributed by atoms with Gasteiger partial charge in [-0.1, -0.05) is 26.0 Å². The van der Waals surface area contributed by atoms with Crippen molar-refractivity contribution in [3.8, 4) is 11.5 Å². The number of hydrogen-bond donors (Lipinski definition) is 0. The third-order valence-electron chi connectivity index (χ3n) is 6.05. The second-order valence-electron chi connectivity index (χ2n) is 7.99. The third kappa shape index (κ3) is 4.36. The van der Waals surface area contributed by atoms with Gasteiger partial charge in [0.05, 0.1) is 9.79 Å². The zero-order valence-electron chi connectivity index (χ0n) is 18.2. The number of nitrogens with zero attached hydrogens (tertiary/aromatic N) is 2. The van der Waals surface area contributed by atoms with E-state index in [1.807, 2.05) is 12.1 Å². The van der Waals surface area contributed by atoms with Crippen molar-refractivity contribution in [3.63, 3.8) is 0 Å². The van der Waals surface area contributed by atoms with Crippen LogP contribution in [0.5, 0.6) is 11.5 Å². The maximum Gasteiger partial charge on any atom is 0.243 e. The minimum atomic E-state index is -3.77. The molecule has 1 saturated heterocycles. The average Bonchev–Trinajstić information content (AvgIpc) is 2.83. The quantitative estimate of drug-likeness (QED) is 0.631. The first-order valence-corrected chi connectivity index (χ1v) is 13.6. The van der Waals surface area contributed by atoms with Gasteiger partial charge in [-0.2, -0.15) is 8.61 Å². The van der Waals surface area contributed by atoms with Crippen LogP contribution in [0.25, 0.3) is 0 Å². The fourth-order valence-electron chi connectivity index (χ4n) is 3.84. The first kappa shape index (κ1) is 23.0. The zero-order chi connectivity index (χ0) is 22.9. The molecule has 0 bridgehead atoms. The molecular formula is C22H28N2O6S2.